The Labute approximate surface area is 140 Å². The number of esters is 2. The van der Waals surface area contributed by atoms with Crippen molar-refractivity contribution in [2.75, 3.05) is 6.61 Å². The predicted octanol–water partition coefficient (Wildman–Crippen LogP) is 3.54. The highest BCUT2D eigenvalue weighted by Gasteiger charge is 2.26. The summed E-state index contributed by atoms with van der Waals surface area (Å²) < 4.78 is 10.5. The summed E-state index contributed by atoms with van der Waals surface area (Å²) in [4.78, 5) is 23.0. The monoisotopic (exact) mass is 328 g/mol. The van der Waals surface area contributed by atoms with Gasteiger partial charge in [0.2, 0.25) is 0 Å². The number of ether oxygens (including phenoxy) is 2. The standard InChI is InChI=1S/C18H32O5/c1-6-15(19)22-14-13-18(5,7-2)23-16(20)11-9-8-10-12-17(3,4)21/h6,21H,1,7-14H2,2-5H3. The summed E-state index contributed by atoms with van der Waals surface area (Å²) in [6, 6.07) is 0. The van der Waals surface area contributed by atoms with Crippen LogP contribution in [0.2, 0.25) is 0 Å². The van der Waals surface area contributed by atoms with Crippen LogP contribution in [0.3, 0.4) is 0 Å². The first kappa shape index (κ1) is 21.6. The summed E-state index contributed by atoms with van der Waals surface area (Å²) in [5, 5.41) is 9.62. The van der Waals surface area contributed by atoms with Crippen LogP contribution in [0.5, 0.6) is 0 Å². The highest BCUT2D eigenvalue weighted by molar-refractivity contribution is 5.81. The number of carbonyl (C=O) groups excluding carboxylic acids is 2. The molecule has 0 saturated carbocycles. The molecule has 0 bridgehead atoms. The van der Waals surface area contributed by atoms with E-state index in [1.54, 1.807) is 13.8 Å². The van der Waals surface area contributed by atoms with Crippen molar-refractivity contribution in [1.29, 1.82) is 0 Å². The summed E-state index contributed by atoms with van der Waals surface area (Å²) in [6.07, 6.45) is 5.86. The molecule has 1 N–H and O–H groups in total. The van der Waals surface area contributed by atoms with E-state index in [1.807, 2.05) is 13.8 Å². The van der Waals surface area contributed by atoms with Gasteiger partial charge in [-0.05, 0) is 40.0 Å². The molecule has 23 heavy (non-hydrogen) atoms. The fourth-order valence-electron chi connectivity index (χ4n) is 2.06. The number of unbranched alkanes of at least 4 members (excludes halogenated alkanes) is 2. The van der Waals surface area contributed by atoms with Gasteiger partial charge in [-0.2, -0.15) is 0 Å². The van der Waals surface area contributed by atoms with Crippen LogP contribution >= 0.6 is 0 Å². The van der Waals surface area contributed by atoms with Gasteiger partial charge in [0.1, 0.15) is 5.60 Å². The zero-order valence-electron chi connectivity index (χ0n) is 15.0. The molecule has 0 radical (unpaired) electrons. The Balaban J connectivity index is 4.02. The molecule has 0 rings (SSSR count). The molecular formula is C18H32O5. The topological polar surface area (TPSA) is 72.8 Å². The second-order valence-electron chi connectivity index (χ2n) is 6.77. The van der Waals surface area contributed by atoms with Gasteiger partial charge in [0.15, 0.2) is 0 Å². The van der Waals surface area contributed by atoms with Crippen molar-refractivity contribution in [3.05, 3.63) is 12.7 Å². The fourth-order valence-corrected chi connectivity index (χ4v) is 2.06. The van der Waals surface area contributed by atoms with Crippen molar-refractivity contribution >= 4 is 11.9 Å². The van der Waals surface area contributed by atoms with Crippen LogP contribution in [0.4, 0.5) is 0 Å². The van der Waals surface area contributed by atoms with E-state index < -0.39 is 17.2 Å². The first-order valence-corrected chi connectivity index (χ1v) is 8.35. The van der Waals surface area contributed by atoms with Crippen molar-refractivity contribution in [2.24, 2.45) is 0 Å². The molecule has 0 aliphatic rings. The lowest BCUT2D eigenvalue weighted by Gasteiger charge is -2.28. The number of aliphatic hydroxyl groups is 1. The van der Waals surface area contributed by atoms with Gasteiger partial charge in [-0.1, -0.05) is 26.3 Å². The summed E-state index contributed by atoms with van der Waals surface area (Å²) >= 11 is 0. The van der Waals surface area contributed by atoms with Crippen LogP contribution in [0, 0.1) is 0 Å². The van der Waals surface area contributed by atoms with Crippen molar-refractivity contribution in [3.63, 3.8) is 0 Å². The minimum atomic E-state index is -0.649. The van der Waals surface area contributed by atoms with Crippen molar-refractivity contribution in [1.82, 2.24) is 0 Å². The molecular weight excluding hydrogens is 296 g/mol. The van der Waals surface area contributed by atoms with Crippen LogP contribution in [-0.2, 0) is 19.1 Å². The molecule has 0 spiro atoms. The summed E-state index contributed by atoms with van der Waals surface area (Å²) in [7, 11) is 0. The van der Waals surface area contributed by atoms with Gasteiger partial charge in [-0.15, -0.1) is 0 Å². The third-order valence-corrected chi connectivity index (χ3v) is 3.82. The van der Waals surface area contributed by atoms with E-state index in [-0.39, 0.29) is 12.6 Å². The van der Waals surface area contributed by atoms with Crippen LogP contribution in [0.15, 0.2) is 12.7 Å². The number of rotatable bonds is 12. The molecule has 0 aromatic heterocycles. The third kappa shape index (κ3) is 11.8. The van der Waals surface area contributed by atoms with Crippen molar-refractivity contribution < 1.29 is 24.2 Å². The molecule has 0 heterocycles. The van der Waals surface area contributed by atoms with Crippen LogP contribution in [-0.4, -0.2) is 34.9 Å². The minimum Gasteiger partial charge on any atom is -0.462 e. The van der Waals surface area contributed by atoms with Crippen molar-refractivity contribution in [3.8, 4) is 0 Å². The Morgan fingerprint density at radius 3 is 2.30 bits per heavy atom. The fraction of sp³-hybridized carbons (Fsp3) is 0.778. The molecule has 1 atom stereocenters. The quantitative estimate of drug-likeness (QED) is 0.337. The molecule has 1 unspecified atom stereocenters. The maximum absolute atomic E-state index is 11.9. The van der Waals surface area contributed by atoms with E-state index in [9.17, 15) is 14.7 Å². The maximum Gasteiger partial charge on any atom is 0.330 e. The van der Waals surface area contributed by atoms with Gasteiger partial charge >= 0.3 is 11.9 Å². The largest absolute Gasteiger partial charge is 0.462 e. The number of carbonyl (C=O) groups is 2. The molecule has 0 saturated heterocycles. The molecule has 0 amide bonds. The van der Waals surface area contributed by atoms with Crippen LogP contribution < -0.4 is 0 Å². The Kier molecular flexibility index (Phi) is 9.80. The third-order valence-electron chi connectivity index (χ3n) is 3.82. The van der Waals surface area contributed by atoms with Gasteiger partial charge in [-0.25, -0.2) is 4.79 Å². The maximum atomic E-state index is 11.9. The average Bonchev–Trinajstić information content (AvgIpc) is 2.45. The zero-order valence-corrected chi connectivity index (χ0v) is 15.0. The summed E-state index contributed by atoms with van der Waals surface area (Å²) in [5.41, 5.74) is -1.27. The van der Waals surface area contributed by atoms with E-state index in [1.165, 1.54) is 0 Å². The Bertz CT molecular complexity index is 383. The molecule has 5 heteroatoms. The van der Waals surface area contributed by atoms with Crippen molar-refractivity contribution in [2.45, 2.75) is 83.8 Å². The van der Waals surface area contributed by atoms with Gasteiger partial charge in [0, 0.05) is 18.9 Å². The van der Waals surface area contributed by atoms with Gasteiger partial charge < -0.3 is 14.6 Å². The number of hydrogen-bond acceptors (Lipinski definition) is 5. The smallest absolute Gasteiger partial charge is 0.330 e. The molecule has 134 valence electrons. The van der Waals surface area contributed by atoms with Crippen LogP contribution in [0.25, 0.3) is 0 Å². The first-order chi connectivity index (χ1) is 10.6. The van der Waals surface area contributed by atoms with E-state index in [4.69, 9.17) is 9.47 Å². The zero-order chi connectivity index (χ0) is 17.9. The SMILES string of the molecule is C=CC(=O)OCCC(C)(CC)OC(=O)CCCCCC(C)(C)O. The Hall–Kier alpha value is -1.36. The van der Waals surface area contributed by atoms with Gasteiger partial charge in [-0.3, -0.25) is 4.79 Å². The molecule has 0 aromatic carbocycles. The second kappa shape index (κ2) is 10.4. The van der Waals surface area contributed by atoms with E-state index in [0.717, 1.165) is 31.8 Å². The van der Waals surface area contributed by atoms with E-state index >= 15 is 0 Å². The van der Waals surface area contributed by atoms with E-state index in [0.29, 0.717) is 19.3 Å². The molecule has 0 fully saturated rings. The summed E-state index contributed by atoms with van der Waals surface area (Å²) in [6.45, 7) is 10.9. The van der Waals surface area contributed by atoms with Crippen LogP contribution in [0.1, 0.15) is 72.6 Å². The average molecular weight is 328 g/mol. The molecule has 5 nitrogen and oxygen atoms in total. The lowest BCUT2D eigenvalue weighted by molar-refractivity contribution is -0.161. The van der Waals surface area contributed by atoms with Gasteiger partial charge in [0.05, 0.1) is 12.2 Å². The highest BCUT2D eigenvalue weighted by Crippen LogP contribution is 2.22. The minimum absolute atomic E-state index is 0.202. The Morgan fingerprint density at radius 2 is 1.78 bits per heavy atom. The lowest BCUT2D eigenvalue weighted by Crippen LogP contribution is -2.32. The molecule has 0 aliphatic carbocycles. The predicted molar refractivity (Wildman–Crippen MR) is 89.9 cm³/mol. The lowest BCUT2D eigenvalue weighted by atomic mass is 9.99. The Morgan fingerprint density at radius 1 is 1.13 bits per heavy atom. The normalized spacial score (nSPS) is 14.0. The number of hydrogen-bond donors (Lipinski definition) is 1. The van der Waals surface area contributed by atoms with E-state index in [2.05, 4.69) is 6.58 Å². The highest BCUT2D eigenvalue weighted by atomic mass is 16.6. The second-order valence-corrected chi connectivity index (χ2v) is 6.77. The molecule has 0 aromatic rings. The molecule has 0 aliphatic heterocycles. The first-order valence-electron chi connectivity index (χ1n) is 8.35. The van der Waals surface area contributed by atoms with Gasteiger partial charge in [0.25, 0.3) is 0 Å². The summed E-state index contributed by atoms with van der Waals surface area (Å²) in [5.74, 6) is -0.700.